The van der Waals surface area contributed by atoms with Crippen LogP contribution >= 0.6 is 0 Å². The summed E-state index contributed by atoms with van der Waals surface area (Å²) in [6, 6.07) is 4.64. The molecule has 21 heavy (non-hydrogen) atoms. The quantitative estimate of drug-likeness (QED) is 0.876. The molecule has 0 atom stereocenters. The Kier molecular flexibility index (Phi) is 4.03. The Morgan fingerprint density at radius 2 is 2.00 bits per heavy atom. The summed E-state index contributed by atoms with van der Waals surface area (Å²) in [5.41, 5.74) is 0.421. The predicted molar refractivity (Wildman–Crippen MR) is 78.8 cm³/mol. The van der Waals surface area contributed by atoms with Gasteiger partial charge in [-0.05, 0) is 43.9 Å². The lowest BCUT2D eigenvalue weighted by Gasteiger charge is -2.33. The van der Waals surface area contributed by atoms with E-state index >= 15 is 0 Å². The Bertz CT molecular complexity index is 625. The minimum atomic E-state index is -3.52. The molecule has 1 N–H and O–H groups in total. The molecule has 0 radical (unpaired) electrons. The molecule has 0 amide bonds. The zero-order chi connectivity index (χ0) is 15.0. The number of halogens is 1. The Morgan fingerprint density at radius 3 is 2.57 bits per heavy atom. The van der Waals surface area contributed by atoms with Crippen LogP contribution in [0.1, 0.15) is 37.7 Å². The Balaban J connectivity index is 1.81. The molecule has 3 rings (SSSR count). The van der Waals surface area contributed by atoms with E-state index in [1.165, 1.54) is 22.5 Å². The van der Waals surface area contributed by atoms with E-state index in [1.54, 1.807) is 7.05 Å². The third-order valence-electron chi connectivity index (χ3n) is 4.44. The summed E-state index contributed by atoms with van der Waals surface area (Å²) >= 11 is 0. The van der Waals surface area contributed by atoms with Crippen molar-refractivity contribution in [3.05, 3.63) is 29.6 Å². The third kappa shape index (κ3) is 3.12. The highest BCUT2D eigenvalue weighted by Gasteiger charge is 2.32. The van der Waals surface area contributed by atoms with Crippen LogP contribution in [0.25, 0.3) is 0 Å². The molecule has 2 aliphatic carbocycles. The maximum absolute atomic E-state index is 13.8. The summed E-state index contributed by atoms with van der Waals surface area (Å²) in [5, 5.41) is 3.22. The molecule has 1 aromatic carbocycles. The van der Waals surface area contributed by atoms with Crippen molar-refractivity contribution in [2.45, 2.75) is 55.6 Å². The molecule has 1 aromatic rings. The Hall–Kier alpha value is -0.980. The van der Waals surface area contributed by atoms with Gasteiger partial charge < -0.3 is 5.32 Å². The van der Waals surface area contributed by atoms with Gasteiger partial charge in [-0.1, -0.05) is 6.42 Å². The number of hydrogen-bond acceptors (Lipinski definition) is 3. The van der Waals surface area contributed by atoms with Crippen LogP contribution in [0.4, 0.5) is 4.39 Å². The van der Waals surface area contributed by atoms with Crippen molar-refractivity contribution < 1.29 is 12.8 Å². The Morgan fingerprint density at radius 1 is 1.29 bits per heavy atom. The number of benzene rings is 1. The van der Waals surface area contributed by atoms with Gasteiger partial charge in [0.05, 0.1) is 4.90 Å². The highest BCUT2D eigenvalue weighted by molar-refractivity contribution is 7.89. The monoisotopic (exact) mass is 312 g/mol. The van der Waals surface area contributed by atoms with Crippen molar-refractivity contribution in [1.29, 1.82) is 0 Å². The van der Waals surface area contributed by atoms with Gasteiger partial charge in [0.25, 0.3) is 0 Å². The van der Waals surface area contributed by atoms with Gasteiger partial charge in [-0.3, -0.25) is 0 Å². The molecule has 0 unspecified atom stereocenters. The summed E-state index contributed by atoms with van der Waals surface area (Å²) in [5.74, 6) is -0.353. The minimum absolute atomic E-state index is 0.0908. The standard InChI is InChI=1S/C15H21FN2O2S/c1-18(13-3-2-4-13)21(19,20)14-7-8-15(16)11(9-14)10-17-12-5-6-12/h7-9,12-13,17H,2-6,10H2,1H3. The smallest absolute Gasteiger partial charge is 0.243 e. The van der Waals surface area contributed by atoms with Gasteiger partial charge in [0.2, 0.25) is 10.0 Å². The second-order valence-electron chi connectivity index (χ2n) is 6.01. The molecule has 0 aliphatic heterocycles. The fourth-order valence-electron chi connectivity index (χ4n) is 2.50. The molecule has 0 saturated heterocycles. The van der Waals surface area contributed by atoms with Gasteiger partial charge in [-0.25, -0.2) is 12.8 Å². The number of hydrogen-bond donors (Lipinski definition) is 1. The number of sulfonamides is 1. The first kappa shape index (κ1) is 14.9. The third-order valence-corrected chi connectivity index (χ3v) is 6.35. The molecule has 0 heterocycles. The van der Waals surface area contributed by atoms with Gasteiger partial charge in [0.15, 0.2) is 0 Å². The first-order valence-electron chi connectivity index (χ1n) is 7.48. The van der Waals surface area contributed by atoms with E-state index in [0.717, 1.165) is 32.1 Å². The van der Waals surface area contributed by atoms with Crippen LogP contribution in [-0.4, -0.2) is 31.9 Å². The number of rotatable bonds is 6. The maximum atomic E-state index is 13.8. The molecule has 0 spiro atoms. The topological polar surface area (TPSA) is 49.4 Å². The summed E-state index contributed by atoms with van der Waals surface area (Å²) in [7, 11) is -1.91. The van der Waals surface area contributed by atoms with Crippen molar-refractivity contribution in [3.8, 4) is 0 Å². The number of nitrogens with zero attached hydrogens (tertiary/aromatic N) is 1. The predicted octanol–water partition coefficient (Wildman–Crippen LogP) is 2.25. The van der Waals surface area contributed by atoms with Crippen molar-refractivity contribution in [1.82, 2.24) is 9.62 Å². The van der Waals surface area contributed by atoms with Crippen LogP contribution in [0.5, 0.6) is 0 Å². The molecule has 0 bridgehead atoms. The van der Waals surface area contributed by atoms with Gasteiger partial charge in [0.1, 0.15) is 5.82 Å². The van der Waals surface area contributed by atoms with Crippen molar-refractivity contribution in [2.75, 3.05) is 7.05 Å². The average Bonchev–Trinajstić information content (AvgIpc) is 3.19. The lowest BCUT2D eigenvalue weighted by molar-refractivity contribution is 0.249. The van der Waals surface area contributed by atoms with E-state index in [4.69, 9.17) is 0 Å². The SMILES string of the molecule is CN(C1CCC1)S(=O)(=O)c1ccc(F)c(CNC2CC2)c1. The zero-order valence-electron chi connectivity index (χ0n) is 12.2. The lowest BCUT2D eigenvalue weighted by atomic mass is 9.94. The first-order valence-corrected chi connectivity index (χ1v) is 8.92. The molecule has 4 nitrogen and oxygen atoms in total. The van der Waals surface area contributed by atoms with E-state index in [1.807, 2.05) is 0 Å². The lowest BCUT2D eigenvalue weighted by Crippen LogP contribution is -2.41. The van der Waals surface area contributed by atoms with Crippen molar-refractivity contribution in [2.24, 2.45) is 0 Å². The van der Waals surface area contributed by atoms with E-state index in [-0.39, 0.29) is 16.8 Å². The maximum Gasteiger partial charge on any atom is 0.243 e. The van der Waals surface area contributed by atoms with E-state index in [9.17, 15) is 12.8 Å². The molecule has 6 heteroatoms. The fourth-order valence-corrected chi connectivity index (χ4v) is 3.97. The van der Waals surface area contributed by atoms with Crippen LogP contribution in [0.3, 0.4) is 0 Å². The van der Waals surface area contributed by atoms with Crippen LogP contribution in [0.2, 0.25) is 0 Å². The molecular formula is C15H21FN2O2S. The molecular weight excluding hydrogens is 291 g/mol. The van der Waals surface area contributed by atoms with Gasteiger partial charge in [0, 0.05) is 31.2 Å². The van der Waals surface area contributed by atoms with E-state index < -0.39 is 10.0 Å². The average molecular weight is 312 g/mol. The molecule has 2 fully saturated rings. The minimum Gasteiger partial charge on any atom is -0.310 e. The summed E-state index contributed by atoms with van der Waals surface area (Å²) in [6.45, 7) is 0.382. The van der Waals surface area contributed by atoms with Crippen LogP contribution in [0.15, 0.2) is 23.1 Å². The summed E-state index contributed by atoms with van der Waals surface area (Å²) < 4.78 is 40.4. The van der Waals surface area contributed by atoms with E-state index in [2.05, 4.69) is 5.32 Å². The fraction of sp³-hybridized carbons (Fsp3) is 0.600. The molecule has 2 aliphatic rings. The molecule has 116 valence electrons. The van der Waals surface area contributed by atoms with Crippen molar-refractivity contribution in [3.63, 3.8) is 0 Å². The van der Waals surface area contributed by atoms with E-state index in [0.29, 0.717) is 18.2 Å². The van der Waals surface area contributed by atoms with Gasteiger partial charge in [-0.15, -0.1) is 0 Å². The zero-order valence-corrected chi connectivity index (χ0v) is 13.0. The number of nitrogens with one attached hydrogen (secondary N) is 1. The van der Waals surface area contributed by atoms with Gasteiger partial charge in [-0.2, -0.15) is 4.31 Å². The Labute approximate surface area is 125 Å². The van der Waals surface area contributed by atoms with Crippen molar-refractivity contribution >= 4 is 10.0 Å². The molecule has 0 aromatic heterocycles. The molecule has 2 saturated carbocycles. The summed E-state index contributed by atoms with van der Waals surface area (Å²) in [4.78, 5) is 0.186. The first-order chi connectivity index (χ1) is 9.98. The second-order valence-corrected chi connectivity index (χ2v) is 8.01. The highest BCUT2D eigenvalue weighted by Crippen LogP contribution is 2.29. The van der Waals surface area contributed by atoms with Crippen LogP contribution in [-0.2, 0) is 16.6 Å². The normalized spacial score (nSPS) is 19.8. The second kappa shape index (κ2) is 5.66. The van der Waals surface area contributed by atoms with Gasteiger partial charge >= 0.3 is 0 Å². The largest absolute Gasteiger partial charge is 0.310 e. The van der Waals surface area contributed by atoms with Crippen LogP contribution < -0.4 is 5.32 Å². The summed E-state index contributed by atoms with van der Waals surface area (Å²) in [6.07, 6.45) is 5.12. The highest BCUT2D eigenvalue weighted by atomic mass is 32.2. The van der Waals surface area contributed by atoms with Crippen LogP contribution in [0, 0.1) is 5.82 Å².